The molecular weight excluding hydrogens is 468 g/mol. The average molecular weight is 535 g/mol. The van der Waals surface area contributed by atoms with Crippen LogP contribution in [0.25, 0.3) is 0 Å². The highest BCUT2D eigenvalue weighted by atomic mass is 16.6. The van der Waals surface area contributed by atoms with Gasteiger partial charge in [0.25, 0.3) is 0 Å². The van der Waals surface area contributed by atoms with Crippen LogP contribution >= 0.6 is 0 Å². The van der Waals surface area contributed by atoms with E-state index in [0.717, 1.165) is 38.8 Å². The van der Waals surface area contributed by atoms with E-state index in [-0.39, 0.29) is 12.2 Å². The van der Waals surface area contributed by atoms with Gasteiger partial charge in [0.05, 0.1) is 6.54 Å². The van der Waals surface area contributed by atoms with E-state index in [1.165, 1.54) is 141 Å². The molecule has 0 aromatic rings. The third-order valence-corrected chi connectivity index (χ3v) is 8.17. The summed E-state index contributed by atoms with van der Waals surface area (Å²) in [6.45, 7) is 8.43. The minimum absolute atomic E-state index is 0.0237. The van der Waals surface area contributed by atoms with Crippen LogP contribution in [0.15, 0.2) is 4.99 Å². The van der Waals surface area contributed by atoms with Crippen molar-refractivity contribution in [3.63, 3.8) is 0 Å². The molecule has 0 bridgehead atoms. The number of nitrogens with zero attached hydrogens (tertiary/aromatic N) is 2. The van der Waals surface area contributed by atoms with Crippen molar-refractivity contribution in [2.24, 2.45) is 4.99 Å². The van der Waals surface area contributed by atoms with Gasteiger partial charge in [0.2, 0.25) is 0 Å². The number of amidine groups is 1. The highest BCUT2D eigenvalue weighted by molar-refractivity contribution is 5.84. The second-order valence-corrected chi connectivity index (χ2v) is 11.8. The van der Waals surface area contributed by atoms with Gasteiger partial charge in [-0.3, -0.25) is 9.79 Å². The van der Waals surface area contributed by atoms with Gasteiger partial charge in [0.15, 0.2) is 6.23 Å². The van der Waals surface area contributed by atoms with Crippen LogP contribution in [0.3, 0.4) is 0 Å². The van der Waals surface area contributed by atoms with E-state index in [2.05, 4.69) is 25.7 Å². The van der Waals surface area contributed by atoms with Gasteiger partial charge in [0.1, 0.15) is 5.84 Å². The Labute approximate surface area is 238 Å². The van der Waals surface area contributed by atoms with Crippen LogP contribution in [0.2, 0.25) is 0 Å². The maximum atomic E-state index is 12.5. The molecule has 0 aromatic carbocycles. The van der Waals surface area contributed by atoms with Gasteiger partial charge in [-0.2, -0.15) is 0 Å². The summed E-state index contributed by atoms with van der Waals surface area (Å²) in [5, 5.41) is 0. The lowest BCUT2D eigenvalue weighted by atomic mass is 10.0. The number of ether oxygens (including phenoxy) is 1. The summed E-state index contributed by atoms with van der Waals surface area (Å²) in [4.78, 5) is 19.6. The van der Waals surface area contributed by atoms with Crippen molar-refractivity contribution in [3.05, 3.63) is 0 Å². The molecule has 0 saturated heterocycles. The number of carbonyl (C=O) groups excluding carboxylic acids is 1. The fourth-order valence-corrected chi connectivity index (χ4v) is 5.68. The summed E-state index contributed by atoms with van der Waals surface area (Å²) in [7, 11) is 0. The standard InChI is InChI=1S/C34H66N2O2/c1-4-7-9-11-13-15-17-19-20-22-24-26-28-32-35-30-31-36(32)33(6-3)38-34(37)29-27-25-23-21-18-16-14-12-10-8-5-2/h33H,4-31H2,1-3H3. The molecule has 0 fully saturated rings. The number of aliphatic imine (C=N–C) groups is 1. The van der Waals surface area contributed by atoms with E-state index in [9.17, 15) is 4.79 Å². The van der Waals surface area contributed by atoms with Gasteiger partial charge in [-0.15, -0.1) is 0 Å². The molecule has 1 unspecified atom stereocenters. The molecule has 38 heavy (non-hydrogen) atoms. The Hall–Kier alpha value is -1.06. The minimum Gasteiger partial charge on any atom is -0.442 e. The summed E-state index contributed by atoms with van der Waals surface area (Å²) in [5.41, 5.74) is 0. The van der Waals surface area contributed by atoms with E-state index in [1.54, 1.807) is 0 Å². The van der Waals surface area contributed by atoms with Gasteiger partial charge in [-0.1, -0.05) is 156 Å². The number of hydrogen-bond donors (Lipinski definition) is 0. The molecule has 1 aliphatic rings. The Morgan fingerprint density at radius 1 is 0.658 bits per heavy atom. The van der Waals surface area contributed by atoms with Crippen LogP contribution < -0.4 is 0 Å². The first kappa shape index (κ1) is 35.0. The van der Waals surface area contributed by atoms with E-state index in [4.69, 9.17) is 9.73 Å². The smallest absolute Gasteiger partial charge is 0.307 e. The third-order valence-electron chi connectivity index (χ3n) is 8.17. The normalized spacial score (nSPS) is 14.2. The summed E-state index contributed by atoms with van der Waals surface area (Å²) < 4.78 is 5.93. The molecule has 1 rings (SSSR count). The Balaban J connectivity index is 2.06. The largest absolute Gasteiger partial charge is 0.442 e. The minimum atomic E-state index is -0.131. The van der Waals surface area contributed by atoms with Gasteiger partial charge >= 0.3 is 5.97 Å². The molecule has 1 atom stereocenters. The van der Waals surface area contributed by atoms with Gasteiger partial charge < -0.3 is 9.64 Å². The monoisotopic (exact) mass is 535 g/mol. The molecule has 4 heteroatoms. The molecule has 224 valence electrons. The molecule has 1 heterocycles. The Morgan fingerprint density at radius 3 is 1.53 bits per heavy atom. The number of hydrogen-bond acceptors (Lipinski definition) is 4. The number of unbranched alkanes of at least 4 members (excludes halogenated alkanes) is 21. The van der Waals surface area contributed by atoms with Crippen molar-refractivity contribution in [2.45, 2.75) is 194 Å². The lowest BCUT2D eigenvalue weighted by molar-refractivity contribution is -0.155. The van der Waals surface area contributed by atoms with Gasteiger partial charge in [0, 0.05) is 25.8 Å². The Kier molecular flexibility index (Phi) is 24.1. The first-order valence-electron chi connectivity index (χ1n) is 17.2. The van der Waals surface area contributed by atoms with Crippen molar-refractivity contribution >= 4 is 11.8 Å². The average Bonchev–Trinajstić information content (AvgIpc) is 3.39. The molecule has 1 aliphatic heterocycles. The van der Waals surface area contributed by atoms with Crippen LogP contribution in [0.5, 0.6) is 0 Å². The summed E-state index contributed by atoms with van der Waals surface area (Å²) >= 11 is 0. The third kappa shape index (κ3) is 19.1. The lowest BCUT2D eigenvalue weighted by Gasteiger charge is -2.29. The molecule has 0 aliphatic carbocycles. The van der Waals surface area contributed by atoms with Crippen LogP contribution in [0.4, 0.5) is 0 Å². The second kappa shape index (κ2) is 26.2. The summed E-state index contributed by atoms with van der Waals surface area (Å²) in [6.07, 6.45) is 33.1. The maximum Gasteiger partial charge on any atom is 0.307 e. The molecular formula is C34H66N2O2. The maximum absolute atomic E-state index is 12.5. The van der Waals surface area contributed by atoms with Crippen LogP contribution in [0, 0.1) is 0 Å². The van der Waals surface area contributed by atoms with E-state index in [0.29, 0.717) is 6.42 Å². The van der Waals surface area contributed by atoms with Crippen molar-refractivity contribution in [1.82, 2.24) is 4.90 Å². The zero-order valence-corrected chi connectivity index (χ0v) is 26.1. The van der Waals surface area contributed by atoms with Crippen LogP contribution in [-0.4, -0.2) is 36.0 Å². The first-order chi connectivity index (χ1) is 18.7. The number of carbonyl (C=O) groups is 1. The van der Waals surface area contributed by atoms with Crippen molar-refractivity contribution in [2.75, 3.05) is 13.1 Å². The molecule has 0 spiro atoms. The Morgan fingerprint density at radius 2 is 1.08 bits per heavy atom. The second-order valence-electron chi connectivity index (χ2n) is 11.8. The fourth-order valence-electron chi connectivity index (χ4n) is 5.68. The molecule has 0 radical (unpaired) electrons. The zero-order chi connectivity index (χ0) is 27.5. The predicted molar refractivity (Wildman–Crippen MR) is 166 cm³/mol. The summed E-state index contributed by atoms with van der Waals surface area (Å²) in [6, 6.07) is 0. The van der Waals surface area contributed by atoms with Crippen molar-refractivity contribution < 1.29 is 9.53 Å². The number of esters is 1. The highest BCUT2D eigenvalue weighted by Gasteiger charge is 2.26. The van der Waals surface area contributed by atoms with Gasteiger partial charge in [-0.25, -0.2) is 0 Å². The molecule has 0 aromatic heterocycles. The molecule has 4 nitrogen and oxygen atoms in total. The number of rotatable bonds is 28. The van der Waals surface area contributed by atoms with E-state index < -0.39 is 0 Å². The molecule has 0 amide bonds. The lowest BCUT2D eigenvalue weighted by Crippen LogP contribution is -2.40. The van der Waals surface area contributed by atoms with Crippen molar-refractivity contribution in [3.8, 4) is 0 Å². The van der Waals surface area contributed by atoms with E-state index >= 15 is 0 Å². The quantitative estimate of drug-likeness (QED) is 0.0740. The Bertz CT molecular complexity index is 563. The molecule has 0 saturated carbocycles. The van der Waals surface area contributed by atoms with E-state index in [1.807, 2.05) is 0 Å². The van der Waals surface area contributed by atoms with Crippen molar-refractivity contribution in [1.29, 1.82) is 0 Å². The summed E-state index contributed by atoms with van der Waals surface area (Å²) in [5.74, 6) is 1.15. The zero-order valence-electron chi connectivity index (χ0n) is 26.1. The van der Waals surface area contributed by atoms with Gasteiger partial charge in [-0.05, 0) is 12.8 Å². The fraction of sp³-hybridized carbons (Fsp3) is 0.941. The SMILES string of the molecule is CCCCCCCCCCCCCCC1=NCCN1C(CC)OC(=O)CCCCCCCCCCCCC. The predicted octanol–water partition coefficient (Wildman–Crippen LogP) is 10.8. The first-order valence-corrected chi connectivity index (χ1v) is 17.2. The van der Waals surface area contributed by atoms with Crippen LogP contribution in [0.1, 0.15) is 188 Å². The highest BCUT2D eigenvalue weighted by Crippen LogP contribution is 2.19. The molecule has 0 N–H and O–H groups in total. The van der Waals surface area contributed by atoms with Crippen LogP contribution in [-0.2, 0) is 9.53 Å². The topological polar surface area (TPSA) is 41.9 Å².